The lowest BCUT2D eigenvalue weighted by Gasteiger charge is -2.04. The molecule has 0 heterocycles. The van der Waals surface area contributed by atoms with Crippen LogP contribution < -0.4 is 0 Å². The standard InChI is InChI=1S/C13H18Si/c1-3-14(4-2)12-8-11-13-9-6-5-7-10-13/h3-7,9-10,14H,1-2,8,11-12H2. The number of hydrogen-bond donors (Lipinski definition) is 0. The predicted octanol–water partition coefficient (Wildman–Crippen LogP) is 3.30. The van der Waals surface area contributed by atoms with E-state index in [9.17, 15) is 0 Å². The summed E-state index contributed by atoms with van der Waals surface area (Å²) in [6, 6.07) is 11.9. The van der Waals surface area contributed by atoms with E-state index in [4.69, 9.17) is 0 Å². The lowest BCUT2D eigenvalue weighted by Crippen LogP contribution is -2.04. The molecule has 0 aliphatic heterocycles. The topological polar surface area (TPSA) is 0 Å². The summed E-state index contributed by atoms with van der Waals surface area (Å²) in [4.78, 5) is 0. The van der Waals surface area contributed by atoms with Crippen molar-refractivity contribution in [3.8, 4) is 0 Å². The molecule has 0 bridgehead atoms. The van der Waals surface area contributed by atoms with Gasteiger partial charge < -0.3 is 0 Å². The Labute approximate surface area is 88.6 Å². The van der Waals surface area contributed by atoms with Gasteiger partial charge in [-0.3, -0.25) is 0 Å². The Kier molecular flexibility index (Phi) is 5.01. The molecule has 1 heteroatoms. The van der Waals surface area contributed by atoms with E-state index < -0.39 is 8.80 Å². The van der Waals surface area contributed by atoms with E-state index in [1.165, 1.54) is 24.4 Å². The molecule has 0 aliphatic carbocycles. The Morgan fingerprint density at radius 2 is 1.71 bits per heavy atom. The highest BCUT2D eigenvalue weighted by Gasteiger charge is 2.00. The van der Waals surface area contributed by atoms with Crippen LogP contribution >= 0.6 is 0 Å². The van der Waals surface area contributed by atoms with Gasteiger partial charge in [-0.15, -0.1) is 24.6 Å². The van der Waals surface area contributed by atoms with Gasteiger partial charge >= 0.3 is 0 Å². The first kappa shape index (κ1) is 11.0. The molecule has 0 saturated heterocycles. The highest BCUT2D eigenvalue weighted by atomic mass is 28.3. The van der Waals surface area contributed by atoms with Crippen LogP contribution in [0.4, 0.5) is 0 Å². The molecule has 0 spiro atoms. The van der Waals surface area contributed by atoms with Gasteiger partial charge in [-0.05, 0) is 12.0 Å². The van der Waals surface area contributed by atoms with Crippen LogP contribution in [-0.4, -0.2) is 8.80 Å². The normalized spacial score (nSPS) is 10.1. The first-order chi connectivity index (χ1) is 6.86. The second-order valence-electron chi connectivity index (χ2n) is 3.51. The Hall–Kier alpha value is -1.08. The van der Waals surface area contributed by atoms with E-state index in [0.717, 1.165) is 0 Å². The van der Waals surface area contributed by atoms with Crippen molar-refractivity contribution in [1.82, 2.24) is 0 Å². The minimum atomic E-state index is -0.806. The Balaban J connectivity index is 2.28. The molecule has 74 valence electrons. The zero-order chi connectivity index (χ0) is 10.2. The fourth-order valence-electron chi connectivity index (χ4n) is 1.52. The molecule has 0 nitrogen and oxygen atoms in total. The van der Waals surface area contributed by atoms with Crippen LogP contribution in [0.15, 0.2) is 54.9 Å². The summed E-state index contributed by atoms with van der Waals surface area (Å²) in [5.41, 5.74) is 5.66. The van der Waals surface area contributed by atoms with Crippen LogP contribution in [0.25, 0.3) is 0 Å². The highest BCUT2D eigenvalue weighted by Crippen LogP contribution is 2.07. The van der Waals surface area contributed by atoms with E-state index in [-0.39, 0.29) is 0 Å². The summed E-state index contributed by atoms with van der Waals surface area (Å²) in [7, 11) is -0.806. The van der Waals surface area contributed by atoms with Gasteiger partial charge in [0.15, 0.2) is 0 Å². The largest absolute Gasteiger partial charge is 0.107 e. The monoisotopic (exact) mass is 202 g/mol. The average molecular weight is 202 g/mol. The molecule has 0 radical (unpaired) electrons. The molecular formula is C13H18Si. The first-order valence-corrected chi connectivity index (χ1v) is 7.31. The minimum absolute atomic E-state index is 0.806. The summed E-state index contributed by atoms with van der Waals surface area (Å²) >= 11 is 0. The first-order valence-electron chi connectivity index (χ1n) is 5.16. The number of benzene rings is 1. The SMILES string of the molecule is C=C[SiH](C=C)CCCc1ccccc1. The number of hydrogen-bond acceptors (Lipinski definition) is 0. The van der Waals surface area contributed by atoms with Gasteiger partial charge in [0.25, 0.3) is 0 Å². The van der Waals surface area contributed by atoms with Crippen molar-refractivity contribution in [3.05, 3.63) is 60.5 Å². The number of aryl methyl sites for hydroxylation is 1. The van der Waals surface area contributed by atoms with E-state index in [0.29, 0.717) is 0 Å². The van der Waals surface area contributed by atoms with Crippen LogP contribution in [-0.2, 0) is 6.42 Å². The Morgan fingerprint density at radius 3 is 2.29 bits per heavy atom. The smallest absolute Gasteiger partial charge is 0.0838 e. The Bertz CT molecular complexity index is 269. The second-order valence-corrected chi connectivity index (χ2v) is 6.36. The van der Waals surface area contributed by atoms with Gasteiger partial charge in [0.1, 0.15) is 0 Å². The quantitative estimate of drug-likeness (QED) is 0.621. The van der Waals surface area contributed by atoms with Gasteiger partial charge in [0.2, 0.25) is 0 Å². The average Bonchev–Trinajstić information content (AvgIpc) is 2.26. The summed E-state index contributed by atoms with van der Waals surface area (Å²) in [5.74, 6) is 0. The van der Waals surface area contributed by atoms with Crippen molar-refractivity contribution < 1.29 is 0 Å². The molecule has 1 aromatic carbocycles. The fourth-order valence-corrected chi connectivity index (χ4v) is 2.86. The summed E-state index contributed by atoms with van der Waals surface area (Å²) in [6.45, 7) is 7.70. The van der Waals surface area contributed by atoms with Crippen molar-refractivity contribution in [3.63, 3.8) is 0 Å². The Morgan fingerprint density at radius 1 is 1.07 bits per heavy atom. The summed E-state index contributed by atoms with van der Waals surface area (Å²) < 4.78 is 0. The molecule has 0 aromatic heterocycles. The van der Waals surface area contributed by atoms with Gasteiger partial charge in [0.05, 0.1) is 8.80 Å². The molecule has 0 aliphatic rings. The van der Waals surface area contributed by atoms with Crippen LogP contribution in [0.1, 0.15) is 12.0 Å². The van der Waals surface area contributed by atoms with Crippen LogP contribution in [0.2, 0.25) is 6.04 Å². The van der Waals surface area contributed by atoms with E-state index in [1.807, 2.05) is 0 Å². The molecule has 1 aromatic rings. The van der Waals surface area contributed by atoms with Crippen molar-refractivity contribution in [2.75, 3.05) is 0 Å². The van der Waals surface area contributed by atoms with E-state index >= 15 is 0 Å². The molecule has 14 heavy (non-hydrogen) atoms. The molecular weight excluding hydrogens is 184 g/mol. The van der Waals surface area contributed by atoms with Gasteiger partial charge in [-0.1, -0.05) is 42.8 Å². The zero-order valence-electron chi connectivity index (χ0n) is 8.65. The van der Waals surface area contributed by atoms with Crippen molar-refractivity contribution in [1.29, 1.82) is 0 Å². The maximum atomic E-state index is 3.85. The van der Waals surface area contributed by atoms with Gasteiger partial charge in [-0.25, -0.2) is 0 Å². The van der Waals surface area contributed by atoms with Crippen molar-refractivity contribution >= 4 is 8.80 Å². The predicted molar refractivity (Wildman–Crippen MR) is 67.1 cm³/mol. The van der Waals surface area contributed by atoms with Crippen molar-refractivity contribution in [2.45, 2.75) is 18.9 Å². The van der Waals surface area contributed by atoms with E-state index in [1.54, 1.807) is 0 Å². The second kappa shape index (κ2) is 6.38. The molecule has 0 N–H and O–H groups in total. The molecule has 0 fully saturated rings. The van der Waals surface area contributed by atoms with Gasteiger partial charge in [-0.2, -0.15) is 0 Å². The molecule has 0 atom stereocenters. The third-order valence-electron chi connectivity index (χ3n) is 2.45. The highest BCUT2D eigenvalue weighted by molar-refractivity contribution is 6.69. The lowest BCUT2D eigenvalue weighted by atomic mass is 10.1. The van der Waals surface area contributed by atoms with Crippen LogP contribution in [0, 0.1) is 0 Å². The van der Waals surface area contributed by atoms with Gasteiger partial charge in [0, 0.05) is 0 Å². The summed E-state index contributed by atoms with van der Waals surface area (Å²) in [6.07, 6.45) is 2.45. The van der Waals surface area contributed by atoms with Crippen LogP contribution in [0.3, 0.4) is 0 Å². The minimum Gasteiger partial charge on any atom is -0.107 e. The third-order valence-corrected chi connectivity index (χ3v) is 4.74. The maximum Gasteiger partial charge on any atom is 0.0838 e. The fraction of sp³-hybridized carbons (Fsp3) is 0.231. The van der Waals surface area contributed by atoms with Crippen LogP contribution in [0.5, 0.6) is 0 Å². The van der Waals surface area contributed by atoms with E-state index in [2.05, 4.69) is 54.9 Å². The van der Waals surface area contributed by atoms with Crippen molar-refractivity contribution in [2.24, 2.45) is 0 Å². The lowest BCUT2D eigenvalue weighted by molar-refractivity contribution is 0.913. The summed E-state index contributed by atoms with van der Waals surface area (Å²) in [5, 5.41) is 0. The third kappa shape index (κ3) is 3.75. The molecule has 0 amide bonds. The molecule has 0 unspecified atom stereocenters. The molecule has 0 saturated carbocycles. The molecule has 1 rings (SSSR count). The maximum absolute atomic E-state index is 3.85. The zero-order valence-corrected chi connectivity index (χ0v) is 9.81. The number of rotatable bonds is 6.